The fraction of sp³-hybridized carbons (Fsp3) is 0.458. The molecule has 0 saturated carbocycles. The van der Waals surface area contributed by atoms with E-state index in [0.717, 1.165) is 56.0 Å². The summed E-state index contributed by atoms with van der Waals surface area (Å²) in [4.78, 5) is 14.1. The van der Waals surface area contributed by atoms with Crippen LogP contribution in [-0.2, 0) is 25.5 Å². The van der Waals surface area contributed by atoms with Crippen LogP contribution in [0.3, 0.4) is 0 Å². The summed E-state index contributed by atoms with van der Waals surface area (Å²) in [5.74, 6) is 1.62. The van der Waals surface area contributed by atoms with Gasteiger partial charge in [0, 0.05) is 32.8 Å². The Balaban J connectivity index is 1.27. The number of rotatable bonds is 6. The number of nitrogens with zero attached hydrogens (tertiary/aromatic N) is 1. The maximum Gasteiger partial charge on any atom is 0.246 e. The van der Waals surface area contributed by atoms with Gasteiger partial charge in [-0.1, -0.05) is 36.4 Å². The Labute approximate surface area is 178 Å². The number of amides is 1. The zero-order valence-electron chi connectivity index (χ0n) is 17.5. The molecule has 1 aromatic carbocycles. The van der Waals surface area contributed by atoms with Crippen molar-refractivity contribution in [1.29, 1.82) is 0 Å². The zero-order chi connectivity index (χ0) is 20.8. The van der Waals surface area contributed by atoms with E-state index in [2.05, 4.69) is 46.6 Å². The summed E-state index contributed by atoms with van der Waals surface area (Å²) in [7, 11) is 1.54. The van der Waals surface area contributed by atoms with Crippen LogP contribution in [0, 0.1) is 0 Å². The van der Waals surface area contributed by atoms with Crippen LogP contribution in [0.2, 0.25) is 0 Å². The van der Waals surface area contributed by atoms with Crippen LogP contribution in [0.1, 0.15) is 36.5 Å². The molecular weight excluding hydrogens is 380 g/mol. The number of likely N-dealkylation sites (tertiary alicyclic amines) is 1. The first kappa shape index (κ1) is 20.7. The van der Waals surface area contributed by atoms with Gasteiger partial charge in [0.15, 0.2) is 17.6 Å². The van der Waals surface area contributed by atoms with Crippen molar-refractivity contribution in [3.63, 3.8) is 0 Å². The van der Waals surface area contributed by atoms with Gasteiger partial charge in [0.2, 0.25) is 5.91 Å². The molecular formula is C24H30N2O4. The van der Waals surface area contributed by atoms with Crippen LogP contribution in [0.15, 0.2) is 60.1 Å². The van der Waals surface area contributed by atoms with Crippen LogP contribution in [-0.4, -0.2) is 50.3 Å². The summed E-state index contributed by atoms with van der Waals surface area (Å²) in [6, 6.07) is 8.89. The van der Waals surface area contributed by atoms with Crippen molar-refractivity contribution in [2.45, 2.75) is 38.0 Å². The summed E-state index contributed by atoms with van der Waals surface area (Å²) in [6.07, 6.45) is 10.9. The Morgan fingerprint density at radius 3 is 2.77 bits per heavy atom. The van der Waals surface area contributed by atoms with Gasteiger partial charge in [-0.05, 0) is 42.5 Å². The molecule has 4 rings (SSSR count). The first-order valence-electron chi connectivity index (χ1n) is 10.7. The molecule has 1 N–H and O–H groups in total. The second kappa shape index (κ2) is 9.96. The molecule has 2 aliphatic heterocycles. The standard InChI is InChI=1S/C24H30N2O4/c1-28-17-24(27)25-20-11-13-26(14-12-20)15-18-7-9-19(10-8-18)23-16-29-21-5-3-2-4-6-22(21)30-23/h2,4-10,20,23H,3,11-17H2,1H3,(H,25,27)/t23-/m1/s1. The maximum absolute atomic E-state index is 11.7. The Morgan fingerprint density at radius 1 is 1.20 bits per heavy atom. The maximum atomic E-state index is 11.7. The lowest BCUT2D eigenvalue weighted by molar-refractivity contribution is -0.125. The predicted molar refractivity (Wildman–Crippen MR) is 114 cm³/mol. The van der Waals surface area contributed by atoms with Crippen LogP contribution in [0.5, 0.6) is 0 Å². The van der Waals surface area contributed by atoms with Gasteiger partial charge in [-0.2, -0.15) is 0 Å². The molecule has 2 heterocycles. The third kappa shape index (κ3) is 5.32. The molecule has 2 fully saturated rings. The number of hydrogen-bond acceptors (Lipinski definition) is 5. The normalized spacial score (nSPS) is 22.1. The monoisotopic (exact) mass is 410 g/mol. The van der Waals surface area contributed by atoms with Crippen molar-refractivity contribution in [3.8, 4) is 0 Å². The predicted octanol–water partition coefficient (Wildman–Crippen LogP) is 3.23. The number of benzene rings is 1. The van der Waals surface area contributed by atoms with Gasteiger partial charge in [-0.15, -0.1) is 0 Å². The smallest absolute Gasteiger partial charge is 0.246 e. The molecule has 2 saturated heterocycles. The quantitative estimate of drug-likeness (QED) is 0.780. The second-order valence-corrected chi connectivity index (χ2v) is 7.97. The minimum absolute atomic E-state index is 0.0290. The Morgan fingerprint density at radius 2 is 2.00 bits per heavy atom. The lowest BCUT2D eigenvalue weighted by atomic mass is 10.0. The number of carbonyl (C=O) groups excluding carboxylic acids is 1. The second-order valence-electron chi connectivity index (χ2n) is 7.97. The third-order valence-electron chi connectivity index (χ3n) is 5.71. The average molecular weight is 411 g/mol. The summed E-state index contributed by atoms with van der Waals surface area (Å²) in [6.45, 7) is 3.55. The van der Waals surface area contributed by atoms with Crippen molar-refractivity contribution < 1.29 is 19.0 Å². The Hall–Kier alpha value is -2.57. The largest absolute Gasteiger partial charge is 0.486 e. The van der Waals surface area contributed by atoms with Gasteiger partial charge >= 0.3 is 0 Å². The van der Waals surface area contributed by atoms with Gasteiger partial charge in [0.1, 0.15) is 13.2 Å². The van der Waals surface area contributed by atoms with Crippen LogP contribution in [0.25, 0.3) is 0 Å². The third-order valence-corrected chi connectivity index (χ3v) is 5.71. The number of nitrogens with one attached hydrogen (secondary N) is 1. The topological polar surface area (TPSA) is 60.0 Å². The van der Waals surface area contributed by atoms with Crippen molar-refractivity contribution in [3.05, 3.63) is 71.2 Å². The molecule has 0 aromatic heterocycles. The molecule has 160 valence electrons. The molecule has 1 amide bonds. The van der Waals surface area contributed by atoms with E-state index >= 15 is 0 Å². The Kier molecular flexibility index (Phi) is 6.87. The molecule has 6 heteroatoms. The summed E-state index contributed by atoms with van der Waals surface area (Å²) >= 11 is 0. The molecule has 1 aliphatic carbocycles. The van der Waals surface area contributed by atoms with E-state index in [1.807, 2.05) is 12.2 Å². The molecule has 6 nitrogen and oxygen atoms in total. The molecule has 1 atom stereocenters. The molecule has 3 aliphatic rings. The SMILES string of the molecule is COCC(=O)NC1CCN(Cc2ccc([C@H]3COC4=CCC=CC=C4O3)cc2)CC1. The minimum atomic E-state index is -0.0830. The van der Waals surface area contributed by atoms with E-state index in [-0.39, 0.29) is 24.7 Å². The number of ether oxygens (including phenoxy) is 3. The lowest BCUT2D eigenvalue weighted by Crippen LogP contribution is -2.45. The summed E-state index contributed by atoms with van der Waals surface area (Å²) in [5.41, 5.74) is 2.42. The number of hydrogen-bond donors (Lipinski definition) is 1. The molecule has 0 spiro atoms. The van der Waals surface area contributed by atoms with E-state index in [1.165, 1.54) is 5.56 Å². The highest BCUT2D eigenvalue weighted by molar-refractivity contribution is 5.77. The first-order valence-corrected chi connectivity index (χ1v) is 10.7. The van der Waals surface area contributed by atoms with Crippen LogP contribution < -0.4 is 5.32 Å². The van der Waals surface area contributed by atoms with Crippen molar-refractivity contribution in [2.75, 3.05) is 33.4 Å². The zero-order valence-corrected chi connectivity index (χ0v) is 17.5. The van der Waals surface area contributed by atoms with Crippen molar-refractivity contribution in [2.24, 2.45) is 0 Å². The fourth-order valence-electron chi connectivity index (χ4n) is 4.07. The highest BCUT2D eigenvalue weighted by atomic mass is 16.6. The van der Waals surface area contributed by atoms with Gasteiger partial charge in [0.05, 0.1) is 0 Å². The van der Waals surface area contributed by atoms with E-state index < -0.39 is 0 Å². The Bertz CT molecular complexity index is 820. The van der Waals surface area contributed by atoms with Crippen LogP contribution >= 0.6 is 0 Å². The molecule has 30 heavy (non-hydrogen) atoms. The average Bonchev–Trinajstić information content (AvgIpc) is 3.01. The highest BCUT2D eigenvalue weighted by Gasteiger charge is 2.25. The van der Waals surface area contributed by atoms with E-state index in [0.29, 0.717) is 6.61 Å². The summed E-state index contributed by atoms with van der Waals surface area (Å²) in [5, 5.41) is 3.04. The van der Waals surface area contributed by atoms with Crippen molar-refractivity contribution >= 4 is 5.91 Å². The van der Waals surface area contributed by atoms with Gasteiger partial charge in [0.25, 0.3) is 0 Å². The fourth-order valence-corrected chi connectivity index (χ4v) is 4.07. The lowest BCUT2D eigenvalue weighted by Gasteiger charge is -2.32. The number of allylic oxidation sites excluding steroid dienone is 4. The molecule has 0 bridgehead atoms. The van der Waals surface area contributed by atoms with E-state index in [1.54, 1.807) is 7.11 Å². The van der Waals surface area contributed by atoms with Gasteiger partial charge in [-0.3, -0.25) is 9.69 Å². The molecule has 0 unspecified atom stereocenters. The number of piperidine rings is 1. The highest BCUT2D eigenvalue weighted by Crippen LogP contribution is 2.32. The molecule has 1 aromatic rings. The number of fused-ring (bicyclic) bond motifs is 1. The van der Waals surface area contributed by atoms with Crippen molar-refractivity contribution in [1.82, 2.24) is 10.2 Å². The first-order chi connectivity index (χ1) is 14.7. The minimum Gasteiger partial charge on any atom is -0.486 e. The summed E-state index contributed by atoms with van der Waals surface area (Å²) < 4.78 is 17.0. The van der Waals surface area contributed by atoms with Gasteiger partial charge < -0.3 is 19.5 Å². The van der Waals surface area contributed by atoms with Gasteiger partial charge in [-0.25, -0.2) is 0 Å². The number of methoxy groups -OCH3 is 1. The molecule has 0 radical (unpaired) electrons. The van der Waals surface area contributed by atoms with E-state index in [4.69, 9.17) is 14.2 Å². The van der Waals surface area contributed by atoms with E-state index in [9.17, 15) is 4.79 Å². The van der Waals surface area contributed by atoms with Crippen LogP contribution in [0.4, 0.5) is 0 Å². The number of carbonyl (C=O) groups is 1.